The van der Waals surface area contributed by atoms with Crippen LogP contribution in [0.1, 0.15) is 0 Å². The zero-order valence-electron chi connectivity index (χ0n) is 15.2. The molecular weight excluding hydrogens is 348 g/mol. The number of anilines is 2. The topological polar surface area (TPSA) is 89.6 Å². The van der Waals surface area contributed by atoms with E-state index in [4.69, 9.17) is 14.0 Å². The molecule has 1 aliphatic heterocycles. The highest BCUT2D eigenvalue weighted by Gasteiger charge is 2.23. The molecule has 3 heterocycles. The van der Waals surface area contributed by atoms with E-state index in [9.17, 15) is 0 Å². The molecule has 1 fully saturated rings. The van der Waals surface area contributed by atoms with Crippen molar-refractivity contribution in [3.8, 4) is 22.9 Å². The molecule has 27 heavy (non-hydrogen) atoms. The van der Waals surface area contributed by atoms with E-state index < -0.39 is 0 Å². The molecule has 1 aliphatic rings. The van der Waals surface area contributed by atoms with Gasteiger partial charge in [0.2, 0.25) is 11.8 Å². The van der Waals surface area contributed by atoms with Crippen LogP contribution in [0.2, 0.25) is 0 Å². The zero-order valence-corrected chi connectivity index (χ0v) is 15.2. The second-order valence-corrected chi connectivity index (χ2v) is 5.99. The number of hydrogen-bond donors (Lipinski definition) is 0. The Bertz CT molecular complexity index is 893. The third-order valence-electron chi connectivity index (χ3n) is 4.44. The Hall–Kier alpha value is -3.36. The van der Waals surface area contributed by atoms with Crippen LogP contribution >= 0.6 is 0 Å². The predicted octanol–water partition coefficient (Wildman–Crippen LogP) is 1.87. The molecule has 0 spiro atoms. The first-order valence-corrected chi connectivity index (χ1v) is 8.61. The molecule has 3 aromatic rings. The fourth-order valence-corrected chi connectivity index (χ4v) is 2.99. The Labute approximate surface area is 156 Å². The number of ether oxygens (including phenoxy) is 2. The molecule has 4 rings (SSSR count). The minimum atomic E-state index is 0.508. The van der Waals surface area contributed by atoms with Gasteiger partial charge >= 0.3 is 6.01 Å². The first-order valence-electron chi connectivity index (χ1n) is 8.61. The van der Waals surface area contributed by atoms with E-state index in [1.54, 1.807) is 26.6 Å². The van der Waals surface area contributed by atoms with Gasteiger partial charge in [-0.05, 0) is 24.3 Å². The molecule has 2 aromatic heterocycles. The molecule has 0 aliphatic carbocycles. The van der Waals surface area contributed by atoms with Crippen LogP contribution in [0.4, 0.5) is 12.0 Å². The first kappa shape index (κ1) is 17.1. The molecule has 0 atom stereocenters. The number of methoxy groups -OCH3 is 2. The summed E-state index contributed by atoms with van der Waals surface area (Å²) in [6, 6.07) is 7.85. The highest BCUT2D eigenvalue weighted by Crippen LogP contribution is 2.31. The maximum absolute atomic E-state index is 5.47. The fourth-order valence-electron chi connectivity index (χ4n) is 2.99. The number of aromatic nitrogens is 4. The van der Waals surface area contributed by atoms with E-state index in [2.05, 4.69) is 29.9 Å². The summed E-state index contributed by atoms with van der Waals surface area (Å²) in [5.74, 6) is 2.54. The van der Waals surface area contributed by atoms with Gasteiger partial charge in [-0.25, -0.2) is 9.97 Å². The van der Waals surface area contributed by atoms with Crippen molar-refractivity contribution in [1.29, 1.82) is 0 Å². The molecule has 9 heteroatoms. The predicted molar refractivity (Wildman–Crippen MR) is 99.3 cm³/mol. The molecule has 140 valence electrons. The number of benzene rings is 1. The molecule has 1 saturated heterocycles. The lowest BCUT2D eigenvalue weighted by atomic mass is 10.2. The fraction of sp³-hybridized carbons (Fsp3) is 0.333. The van der Waals surface area contributed by atoms with Gasteiger partial charge < -0.3 is 23.8 Å². The van der Waals surface area contributed by atoms with Gasteiger partial charge in [-0.15, -0.1) is 0 Å². The normalized spacial score (nSPS) is 14.3. The van der Waals surface area contributed by atoms with Gasteiger partial charge in [-0.2, -0.15) is 4.98 Å². The summed E-state index contributed by atoms with van der Waals surface area (Å²) >= 11 is 0. The number of hydrogen-bond acceptors (Lipinski definition) is 9. The Kier molecular flexibility index (Phi) is 4.73. The quantitative estimate of drug-likeness (QED) is 0.669. The van der Waals surface area contributed by atoms with Gasteiger partial charge in [0.05, 0.1) is 14.2 Å². The van der Waals surface area contributed by atoms with Crippen LogP contribution in [0.5, 0.6) is 11.5 Å². The molecule has 0 N–H and O–H groups in total. The van der Waals surface area contributed by atoms with Crippen LogP contribution in [0.3, 0.4) is 0 Å². The maximum atomic E-state index is 5.47. The van der Waals surface area contributed by atoms with Crippen molar-refractivity contribution >= 4 is 12.0 Å². The van der Waals surface area contributed by atoms with Crippen LogP contribution in [0.25, 0.3) is 11.4 Å². The van der Waals surface area contributed by atoms with Crippen molar-refractivity contribution in [2.45, 2.75) is 0 Å². The van der Waals surface area contributed by atoms with Crippen molar-refractivity contribution in [2.24, 2.45) is 0 Å². The monoisotopic (exact) mass is 368 g/mol. The Morgan fingerprint density at radius 3 is 2.33 bits per heavy atom. The summed E-state index contributed by atoms with van der Waals surface area (Å²) in [4.78, 5) is 17.3. The smallest absolute Gasteiger partial charge is 0.324 e. The highest BCUT2D eigenvalue weighted by molar-refractivity contribution is 5.61. The molecule has 1 aromatic carbocycles. The number of nitrogens with zero attached hydrogens (tertiary/aromatic N) is 6. The second kappa shape index (κ2) is 7.48. The molecule has 9 nitrogen and oxygen atoms in total. The van der Waals surface area contributed by atoms with Gasteiger partial charge in [0.15, 0.2) is 11.5 Å². The highest BCUT2D eigenvalue weighted by atomic mass is 16.5. The van der Waals surface area contributed by atoms with Crippen molar-refractivity contribution in [3.05, 3.63) is 36.7 Å². The molecule has 0 bridgehead atoms. The largest absolute Gasteiger partial charge is 0.493 e. The Morgan fingerprint density at radius 1 is 0.926 bits per heavy atom. The summed E-state index contributed by atoms with van der Waals surface area (Å²) in [5, 5.41) is 4.11. The van der Waals surface area contributed by atoms with Crippen LogP contribution in [0, 0.1) is 0 Å². The SMILES string of the molecule is COc1ccc(-c2noc(N3CCN(c4ncccn4)CC3)n2)cc1OC. The van der Waals surface area contributed by atoms with Gasteiger partial charge in [0.1, 0.15) is 0 Å². The third kappa shape index (κ3) is 3.48. The Morgan fingerprint density at radius 2 is 1.63 bits per heavy atom. The van der Waals surface area contributed by atoms with E-state index >= 15 is 0 Å². The Balaban J connectivity index is 1.46. The lowest BCUT2D eigenvalue weighted by molar-refractivity contribution is 0.355. The standard InChI is InChI=1S/C18H20N6O3/c1-25-14-5-4-13(12-15(14)26-2)16-21-18(27-22-16)24-10-8-23(9-11-24)17-19-6-3-7-20-17/h3-7,12H,8-11H2,1-2H3. The van der Waals surface area contributed by atoms with Crippen LogP contribution < -0.4 is 19.3 Å². The van der Waals surface area contributed by atoms with E-state index in [-0.39, 0.29) is 0 Å². The minimum absolute atomic E-state index is 0.508. The van der Waals surface area contributed by atoms with Gasteiger partial charge in [-0.3, -0.25) is 0 Å². The molecule has 0 radical (unpaired) electrons. The number of piperazine rings is 1. The average Bonchev–Trinajstić information content (AvgIpc) is 3.24. The second-order valence-electron chi connectivity index (χ2n) is 5.99. The van der Waals surface area contributed by atoms with Crippen LogP contribution in [0.15, 0.2) is 41.2 Å². The van der Waals surface area contributed by atoms with Gasteiger partial charge in [0, 0.05) is 44.1 Å². The van der Waals surface area contributed by atoms with Gasteiger partial charge in [-0.1, -0.05) is 5.16 Å². The van der Waals surface area contributed by atoms with Crippen molar-refractivity contribution in [1.82, 2.24) is 20.1 Å². The van der Waals surface area contributed by atoms with E-state index in [1.165, 1.54) is 0 Å². The molecule has 0 saturated carbocycles. The third-order valence-corrected chi connectivity index (χ3v) is 4.44. The molecule has 0 amide bonds. The summed E-state index contributed by atoms with van der Waals surface area (Å²) in [5.41, 5.74) is 0.805. The van der Waals surface area contributed by atoms with E-state index in [0.717, 1.165) is 37.7 Å². The summed E-state index contributed by atoms with van der Waals surface area (Å²) in [6.07, 6.45) is 3.50. The van der Waals surface area contributed by atoms with Crippen molar-refractivity contribution in [2.75, 3.05) is 50.2 Å². The maximum Gasteiger partial charge on any atom is 0.324 e. The minimum Gasteiger partial charge on any atom is -0.493 e. The summed E-state index contributed by atoms with van der Waals surface area (Å²) in [6.45, 7) is 3.09. The molecule has 0 unspecified atom stereocenters. The first-order chi connectivity index (χ1) is 13.3. The van der Waals surface area contributed by atoms with Crippen LogP contribution in [-0.4, -0.2) is 60.5 Å². The number of rotatable bonds is 5. The van der Waals surface area contributed by atoms with Crippen LogP contribution in [-0.2, 0) is 0 Å². The lowest BCUT2D eigenvalue weighted by Crippen LogP contribution is -2.47. The summed E-state index contributed by atoms with van der Waals surface area (Å²) < 4.78 is 16.1. The average molecular weight is 368 g/mol. The van der Waals surface area contributed by atoms with Crippen molar-refractivity contribution < 1.29 is 14.0 Å². The zero-order chi connectivity index (χ0) is 18.6. The summed E-state index contributed by atoms with van der Waals surface area (Å²) in [7, 11) is 3.20. The lowest BCUT2D eigenvalue weighted by Gasteiger charge is -2.33. The van der Waals surface area contributed by atoms with Crippen molar-refractivity contribution in [3.63, 3.8) is 0 Å². The molecular formula is C18H20N6O3. The van der Waals surface area contributed by atoms with E-state index in [1.807, 2.05) is 24.3 Å². The van der Waals surface area contributed by atoms with Gasteiger partial charge in [0.25, 0.3) is 0 Å². The van der Waals surface area contributed by atoms with E-state index in [0.29, 0.717) is 23.3 Å².